The molecule has 1 unspecified atom stereocenters. The second kappa shape index (κ2) is 12.8. The van der Waals surface area contributed by atoms with E-state index in [2.05, 4.69) is 25.7 Å². The first-order valence-electron chi connectivity index (χ1n) is 7.25. The van der Waals surface area contributed by atoms with Gasteiger partial charge in [-0.15, -0.1) is 0 Å². The quantitative estimate of drug-likeness (QED) is 0.298. The molecule has 0 saturated heterocycles. The summed E-state index contributed by atoms with van der Waals surface area (Å²) >= 11 is 0. The molecule has 0 rings (SSSR count). The van der Waals surface area contributed by atoms with Gasteiger partial charge >= 0.3 is 0 Å². The Morgan fingerprint density at radius 3 is 1.68 bits per heavy atom. The van der Waals surface area contributed by atoms with Crippen LogP contribution in [-0.2, 0) is 9.68 Å². The highest BCUT2D eigenvalue weighted by atomic mass is 17.0. The third-order valence-electron chi connectivity index (χ3n) is 2.88. The van der Waals surface area contributed by atoms with Crippen LogP contribution in [0.3, 0.4) is 0 Å². The van der Waals surface area contributed by atoms with Gasteiger partial charge in [-0.1, -0.05) is 20.8 Å². The predicted octanol–water partition coefficient (Wildman–Crippen LogP) is 0.994. The number of nitrogens with zero attached hydrogens (tertiary/aromatic N) is 2. The maximum atomic E-state index is 8.81. The SMILES string of the molecule is CCC(N(CC)CC)N(OCCCO)OCCCO. The number of rotatable bonds is 13. The molecule has 0 heterocycles. The van der Waals surface area contributed by atoms with E-state index in [1.54, 1.807) is 0 Å². The maximum Gasteiger partial charge on any atom is 0.114 e. The molecule has 0 spiro atoms. The minimum Gasteiger partial charge on any atom is -0.396 e. The molecule has 0 aliphatic carbocycles. The van der Waals surface area contributed by atoms with Crippen LogP contribution in [0.1, 0.15) is 40.0 Å². The van der Waals surface area contributed by atoms with E-state index in [0.717, 1.165) is 19.5 Å². The highest BCUT2D eigenvalue weighted by Gasteiger charge is 2.23. The van der Waals surface area contributed by atoms with Crippen molar-refractivity contribution in [2.45, 2.75) is 46.2 Å². The lowest BCUT2D eigenvalue weighted by Crippen LogP contribution is -2.48. The first-order valence-corrected chi connectivity index (χ1v) is 7.25. The first-order chi connectivity index (χ1) is 9.24. The average Bonchev–Trinajstić information content (AvgIpc) is 2.43. The molecule has 0 aromatic heterocycles. The molecule has 0 saturated carbocycles. The van der Waals surface area contributed by atoms with Crippen molar-refractivity contribution in [3.8, 4) is 0 Å². The summed E-state index contributed by atoms with van der Waals surface area (Å²) in [6.07, 6.45) is 2.08. The molecule has 0 aliphatic heterocycles. The lowest BCUT2D eigenvalue weighted by atomic mass is 10.3. The lowest BCUT2D eigenvalue weighted by molar-refractivity contribution is -0.406. The van der Waals surface area contributed by atoms with Crippen LogP contribution in [0.15, 0.2) is 0 Å². The summed E-state index contributed by atoms with van der Waals surface area (Å²) in [5.41, 5.74) is 0. The first kappa shape index (κ1) is 18.8. The van der Waals surface area contributed by atoms with Crippen LogP contribution in [0, 0.1) is 0 Å². The molecule has 0 aromatic rings. The molecule has 0 bridgehead atoms. The van der Waals surface area contributed by atoms with Crippen LogP contribution in [0.4, 0.5) is 0 Å². The molecule has 6 heteroatoms. The Morgan fingerprint density at radius 2 is 1.37 bits per heavy atom. The van der Waals surface area contributed by atoms with Crippen LogP contribution in [-0.4, -0.2) is 66.0 Å². The third kappa shape index (κ3) is 7.81. The highest BCUT2D eigenvalue weighted by molar-refractivity contribution is 4.61. The molecule has 1 atom stereocenters. The predicted molar refractivity (Wildman–Crippen MR) is 74.1 cm³/mol. The average molecular weight is 278 g/mol. The fraction of sp³-hybridized carbons (Fsp3) is 1.00. The lowest BCUT2D eigenvalue weighted by Gasteiger charge is -2.36. The van der Waals surface area contributed by atoms with Crippen LogP contribution in [0.25, 0.3) is 0 Å². The Morgan fingerprint density at radius 1 is 0.895 bits per heavy atom. The van der Waals surface area contributed by atoms with Gasteiger partial charge in [-0.25, -0.2) is 0 Å². The Hall–Kier alpha value is -0.240. The van der Waals surface area contributed by atoms with E-state index in [-0.39, 0.29) is 19.4 Å². The zero-order valence-electron chi connectivity index (χ0n) is 12.5. The number of hydroxylamine groups is 2. The largest absolute Gasteiger partial charge is 0.396 e. The van der Waals surface area contributed by atoms with E-state index >= 15 is 0 Å². The van der Waals surface area contributed by atoms with Gasteiger partial charge in [-0.05, 0) is 37.6 Å². The number of hydrogen-bond donors (Lipinski definition) is 2. The zero-order valence-corrected chi connectivity index (χ0v) is 12.5. The topological polar surface area (TPSA) is 65.4 Å². The van der Waals surface area contributed by atoms with Gasteiger partial charge in [0, 0.05) is 13.2 Å². The van der Waals surface area contributed by atoms with E-state index in [0.29, 0.717) is 26.1 Å². The fourth-order valence-corrected chi connectivity index (χ4v) is 1.83. The molecule has 0 fully saturated rings. The van der Waals surface area contributed by atoms with Gasteiger partial charge < -0.3 is 10.2 Å². The third-order valence-corrected chi connectivity index (χ3v) is 2.88. The molecule has 0 aliphatic rings. The van der Waals surface area contributed by atoms with Crippen molar-refractivity contribution in [3.05, 3.63) is 0 Å². The van der Waals surface area contributed by atoms with Gasteiger partial charge in [0.25, 0.3) is 0 Å². The van der Waals surface area contributed by atoms with Gasteiger partial charge in [0.15, 0.2) is 0 Å². The van der Waals surface area contributed by atoms with Crippen molar-refractivity contribution in [1.29, 1.82) is 0 Å². The van der Waals surface area contributed by atoms with E-state index < -0.39 is 0 Å². The second-order valence-corrected chi connectivity index (χ2v) is 4.22. The van der Waals surface area contributed by atoms with Gasteiger partial charge in [0.1, 0.15) is 6.17 Å². The van der Waals surface area contributed by atoms with Gasteiger partial charge in [0.05, 0.1) is 13.2 Å². The number of aliphatic hydroxyl groups excluding tert-OH is 2. The highest BCUT2D eigenvalue weighted by Crippen LogP contribution is 2.12. The molecular formula is C13H30N2O4. The number of aliphatic hydroxyl groups is 2. The van der Waals surface area contributed by atoms with E-state index in [9.17, 15) is 0 Å². The molecule has 2 N–H and O–H groups in total. The Labute approximate surface area is 116 Å². The van der Waals surface area contributed by atoms with Gasteiger partial charge in [-0.2, -0.15) is 0 Å². The summed E-state index contributed by atoms with van der Waals surface area (Å²) in [7, 11) is 0. The standard InChI is InChI=1S/C13H30N2O4/c1-4-13(14(5-2)6-3)15(18-11-7-9-16)19-12-8-10-17/h13,16-17H,4-12H2,1-3H3. The van der Waals surface area contributed by atoms with Gasteiger partial charge in [-0.3, -0.25) is 14.6 Å². The minimum atomic E-state index is 0.0485. The normalized spacial score (nSPS) is 13.4. The fourth-order valence-electron chi connectivity index (χ4n) is 1.83. The molecule has 116 valence electrons. The van der Waals surface area contributed by atoms with Crippen molar-refractivity contribution in [2.75, 3.05) is 39.5 Å². The summed E-state index contributed by atoms with van der Waals surface area (Å²) in [5.74, 6) is 0. The maximum absolute atomic E-state index is 8.81. The smallest absolute Gasteiger partial charge is 0.114 e. The zero-order chi connectivity index (χ0) is 14.5. The molecule has 0 aromatic carbocycles. The van der Waals surface area contributed by atoms with Crippen LogP contribution < -0.4 is 0 Å². The van der Waals surface area contributed by atoms with E-state index in [4.69, 9.17) is 19.9 Å². The van der Waals surface area contributed by atoms with Crippen LogP contribution in [0.5, 0.6) is 0 Å². The number of hydrogen-bond acceptors (Lipinski definition) is 6. The van der Waals surface area contributed by atoms with Crippen LogP contribution >= 0.6 is 0 Å². The van der Waals surface area contributed by atoms with E-state index in [1.807, 2.05) is 0 Å². The summed E-state index contributed by atoms with van der Waals surface area (Å²) in [4.78, 5) is 13.4. The summed E-state index contributed by atoms with van der Waals surface area (Å²) in [6, 6.07) is 0. The van der Waals surface area contributed by atoms with Crippen molar-refractivity contribution in [2.24, 2.45) is 0 Å². The molecule has 19 heavy (non-hydrogen) atoms. The van der Waals surface area contributed by atoms with Gasteiger partial charge in [0.2, 0.25) is 0 Å². The second-order valence-electron chi connectivity index (χ2n) is 4.22. The van der Waals surface area contributed by atoms with Crippen molar-refractivity contribution in [1.82, 2.24) is 10.1 Å². The molecule has 0 amide bonds. The Bertz CT molecular complexity index is 181. The van der Waals surface area contributed by atoms with E-state index in [1.165, 1.54) is 5.23 Å². The van der Waals surface area contributed by atoms with Crippen molar-refractivity contribution < 1.29 is 19.9 Å². The minimum absolute atomic E-state index is 0.0485. The Balaban J connectivity index is 4.45. The Kier molecular flexibility index (Phi) is 12.6. The summed E-state index contributed by atoms with van der Waals surface area (Å²) in [6.45, 7) is 9.18. The summed E-state index contributed by atoms with van der Waals surface area (Å²) < 4.78 is 0. The molecule has 6 nitrogen and oxygen atoms in total. The molecule has 0 radical (unpaired) electrons. The molecular weight excluding hydrogens is 248 g/mol. The van der Waals surface area contributed by atoms with Crippen LogP contribution in [0.2, 0.25) is 0 Å². The van der Waals surface area contributed by atoms with Crippen molar-refractivity contribution in [3.63, 3.8) is 0 Å². The summed E-state index contributed by atoms with van der Waals surface area (Å²) in [5, 5.41) is 19.1. The van der Waals surface area contributed by atoms with Crippen molar-refractivity contribution >= 4 is 0 Å². The monoisotopic (exact) mass is 278 g/mol.